The Morgan fingerprint density at radius 3 is 1.97 bits per heavy atom. The molecule has 8 nitrogen and oxygen atoms in total. The number of carbonyl (C=O) groups is 3. The minimum absolute atomic E-state index is 0.00853. The quantitative estimate of drug-likeness (QED) is 0.341. The molecule has 0 heterocycles. The summed E-state index contributed by atoms with van der Waals surface area (Å²) in [6, 6.07) is 21.9. The monoisotopic (exact) mass is 516 g/mol. The number of carboxylic acid groups (broad SMARTS) is 1. The third kappa shape index (κ3) is 7.12. The molecule has 4 rings (SSSR count). The van der Waals surface area contributed by atoms with Crippen LogP contribution in [0, 0.1) is 5.92 Å². The van der Waals surface area contributed by atoms with Gasteiger partial charge in [0, 0.05) is 24.2 Å². The molecule has 2 amide bonds. The Kier molecular flexibility index (Phi) is 8.98. The van der Waals surface area contributed by atoms with Gasteiger partial charge in [0.1, 0.15) is 11.5 Å². The van der Waals surface area contributed by atoms with E-state index in [1.54, 1.807) is 37.4 Å². The Balaban J connectivity index is 1.20. The van der Waals surface area contributed by atoms with Crippen LogP contribution in [0.4, 0.5) is 0 Å². The molecule has 0 aliphatic heterocycles. The third-order valence-electron chi connectivity index (χ3n) is 6.69. The van der Waals surface area contributed by atoms with E-state index < -0.39 is 5.97 Å². The van der Waals surface area contributed by atoms with Gasteiger partial charge in [0.25, 0.3) is 11.8 Å². The topological polar surface area (TPSA) is 114 Å². The second-order valence-corrected chi connectivity index (χ2v) is 9.28. The Bertz CT molecular complexity index is 1250. The highest BCUT2D eigenvalue weighted by atomic mass is 16.5. The molecule has 0 bridgehead atoms. The van der Waals surface area contributed by atoms with Gasteiger partial charge in [-0.1, -0.05) is 24.3 Å². The third-order valence-corrected chi connectivity index (χ3v) is 6.69. The average Bonchev–Trinajstić information content (AvgIpc) is 2.96. The van der Waals surface area contributed by atoms with Crippen LogP contribution < -0.4 is 20.1 Å². The fraction of sp³-hybridized carbons (Fsp3) is 0.300. The van der Waals surface area contributed by atoms with Crippen LogP contribution in [0.1, 0.15) is 46.4 Å². The summed E-state index contributed by atoms with van der Waals surface area (Å²) in [6.07, 6.45) is 2.63. The lowest BCUT2D eigenvalue weighted by Gasteiger charge is -2.26. The molecule has 1 fully saturated rings. The number of rotatable bonds is 10. The zero-order valence-corrected chi connectivity index (χ0v) is 21.3. The SMILES string of the molecule is COc1ccc(-c2cccc(C(=O)NCCNC(=O)c3ccc(O[C@H]4CC[C@@H](C(=O)O)CC4)cc3)c2)cc1. The molecule has 0 atom stereocenters. The molecule has 0 radical (unpaired) electrons. The van der Waals surface area contributed by atoms with Crippen molar-refractivity contribution in [3.05, 3.63) is 83.9 Å². The molecule has 0 aromatic heterocycles. The van der Waals surface area contributed by atoms with E-state index in [2.05, 4.69) is 10.6 Å². The largest absolute Gasteiger partial charge is 0.497 e. The maximum absolute atomic E-state index is 12.6. The number of hydrogen-bond donors (Lipinski definition) is 3. The van der Waals surface area contributed by atoms with E-state index in [-0.39, 0.29) is 36.9 Å². The van der Waals surface area contributed by atoms with Gasteiger partial charge in [0.15, 0.2) is 0 Å². The van der Waals surface area contributed by atoms with Crippen LogP contribution in [0.25, 0.3) is 11.1 Å². The van der Waals surface area contributed by atoms with Gasteiger partial charge < -0.3 is 25.2 Å². The van der Waals surface area contributed by atoms with Crippen molar-refractivity contribution in [1.82, 2.24) is 10.6 Å². The van der Waals surface area contributed by atoms with E-state index in [1.165, 1.54) is 0 Å². The van der Waals surface area contributed by atoms with Gasteiger partial charge in [-0.3, -0.25) is 14.4 Å². The first-order valence-electron chi connectivity index (χ1n) is 12.7. The molecule has 8 heteroatoms. The summed E-state index contributed by atoms with van der Waals surface area (Å²) in [4.78, 5) is 36.2. The van der Waals surface area contributed by atoms with Crippen LogP contribution in [0.5, 0.6) is 11.5 Å². The first kappa shape index (κ1) is 26.7. The van der Waals surface area contributed by atoms with E-state index in [4.69, 9.17) is 14.6 Å². The number of nitrogens with one attached hydrogen (secondary N) is 2. The van der Waals surface area contributed by atoms with Gasteiger partial charge in [-0.05, 0) is 85.3 Å². The second-order valence-electron chi connectivity index (χ2n) is 9.28. The predicted molar refractivity (Wildman–Crippen MR) is 144 cm³/mol. The van der Waals surface area contributed by atoms with Crippen molar-refractivity contribution in [3.63, 3.8) is 0 Å². The van der Waals surface area contributed by atoms with Crippen LogP contribution in [0.2, 0.25) is 0 Å². The Labute approximate surface area is 222 Å². The van der Waals surface area contributed by atoms with Crippen LogP contribution in [0.3, 0.4) is 0 Å². The Hall–Kier alpha value is -4.33. The van der Waals surface area contributed by atoms with E-state index in [0.717, 1.165) is 16.9 Å². The molecular formula is C30H32N2O6. The normalized spacial score (nSPS) is 16.8. The van der Waals surface area contributed by atoms with Gasteiger partial charge in [-0.25, -0.2) is 0 Å². The van der Waals surface area contributed by atoms with E-state index in [9.17, 15) is 14.4 Å². The molecule has 0 unspecified atom stereocenters. The van der Waals surface area contributed by atoms with Gasteiger partial charge in [-0.15, -0.1) is 0 Å². The number of methoxy groups -OCH3 is 1. The first-order valence-corrected chi connectivity index (χ1v) is 12.7. The van der Waals surface area contributed by atoms with Crippen molar-refractivity contribution in [2.45, 2.75) is 31.8 Å². The summed E-state index contributed by atoms with van der Waals surface area (Å²) in [5.74, 6) is -0.0505. The second kappa shape index (κ2) is 12.8. The molecule has 0 spiro atoms. The molecule has 0 saturated heterocycles. The predicted octanol–water partition coefficient (Wildman–Crippen LogP) is 4.54. The summed E-state index contributed by atoms with van der Waals surface area (Å²) in [5, 5.41) is 14.8. The average molecular weight is 517 g/mol. The fourth-order valence-corrected chi connectivity index (χ4v) is 4.48. The van der Waals surface area contributed by atoms with Crippen molar-refractivity contribution < 1.29 is 29.0 Å². The minimum Gasteiger partial charge on any atom is -0.497 e. The highest BCUT2D eigenvalue weighted by Crippen LogP contribution is 2.28. The number of carbonyl (C=O) groups excluding carboxylic acids is 2. The molecule has 1 aliphatic rings. The summed E-state index contributed by atoms with van der Waals surface area (Å²) >= 11 is 0. The maximum atomic E-state index is 12.6. The molecule has 3 aromatic carbocycles. The molecule has 198 valence electrons. The Morgan fingerprint density at radius 1 is 0.763 bits per heavy atom. The number of benzene rings is 3. The number of ether oxygens (including phenoxy) is 2. The molecule has 1 aliphatic carbocycles. The summed E-state index contributed by atoms with van der Waals surface area (Å²) in [5.41, 5.74) is 2.94. The highest BCUT2D eigenvalue weighted by Gasteiger charge is 2.26. The zero-order valence-electron chi connectivity index (χ0n) is 21.3. The van der Waals surface area contributed by atoms with E-state index >= 15 is 0 Å². The lowest BCUT2D eigenvalue weighted by atomic mass is 9.87. The smallest absolute Gasteiger partial charge is 0.306 e. The van der Waals surface area contributed by atoms with Crippen molar-refractivity contribution in [3.8, 4) is 22.6 Å². The number of carboxylic acids is 1. The highest BCUT2D eigenvalue weighted by molar-refractivity contribution is 5.96. The molecule has 3 N–H and O–H groups in total. The summed E-state index contributed by atoms with van der Waals surface area (Å²) in [7, 11) is 1.62. The number of hydrogen-bond acceptors (Lipinski definition) is 5. The van der Waals surface area contributed by atoms with Gasteiger partial charge in [0.2, 0.25) is 0 Å². The number of amides is 2. The lowest BCUT2D eigenvalue weighted by Crippen LogP contribution is -2.34. The van der Waals surface area contributed by atoms with Gasteiger partial charge in [0.05, 0.1) is 19.1 Å². The van der Waals surface area contributed by atoms with Crippen LogP contribution in [-0.2, 0) is 4.79 Å². The van der Waals surface area contributed by atoms with Crippen LogP contribution >= 0.6 is 0 Å². The minimum atomic E-state index is -0.739. The summed E-state index contributed by atoms with van der Waals surface area (Å²) < 4.78 is 11.1. The fourth-order valence-electron chi connectivity index (χ4n) is 4.48. The zero-order chi connectivity index (χ0) is 26.9. The van der Waals surface area contributed by atoms with Crippen LogP contribution in [-0.4, -0.2) is 49.2 Å². The van der Waals surface area contributed by atoms with E-state index in [0.29, 0.717) is 42.6 Å². The molecule has 38 heavy (non-hydrogen) atoms. The molecule has 1 saturated carbocycles. The van der Waals surface area contributed by atoms with Crippen molar-refractivity contribution >= 4 is 17.8 Å². The maximum Gasteiger partial charge on any atom is 0.306 e. The van der Waals surface area contributed by atoms with Crippen molar-refractivity contribution in [1.29, 1.82) is 0 Å². The summed E-state index contributed by atoms with van der Waals surface area (Å²) in [6.45, 7) is 0.575. The van der Waals surface area contributed by atoms with Gasteiger partial charge in [-0.2, -0.15) is 0 Å². The van der Waals surface area contributed by atoms with Crippen molar-refractivity contribution in [2.75, 3.05) is 20.2 Å². The van der Waals surface area contributed by atoms with Gasteiger partial charge >= 0.3 is 5.97 Å². The first-order chi connectivity index (χ1) is 18.4. The molecular weight excluding hydrogens is 484 g/mol. The van der Waals surface area contributed by atoms with Crippen molar-refractivity contribution in [2.24, 2.45) is 5.92 Å². The Morgan fingerprint density at radius 2 is 1.37 bits per heavy atom. The van der Waals surface area contributed by atoms with Crippen LogP contribution in [0.15, 0.2) is 72.8 Å². The van der Waals surface area contributed by atoms with E-state index in [1.807, 2.05) is 42.5 Å². The standard InChI is InChI=1S/C30H32N2O6/c1-37-25-11-5-20(6-12-25)23-3-2-4-24(19-23)29(34)32-18-17-31-28(33)21-7-13-26(14-8-21)38-27-15-9-22(10-16-27)30(35)36/h2-8,11-14,19,22,27H,9-10,15-18H2,1H3,(H,31,33)(H,32,34)(H,35,36)/t22-,27+. The lowest BCUT2D eigenvalue weighted by molar-refractivity contribution is -0.143. The molecule has 3 aromatic rings. The number of aliphatic carboxylic acids is 1.